The van der Waals surface area contributed by atoms with Gasteiger partial charge in [-0.3, -0.25) is 0 Å². The number of hydrogen-bond acceptors (Lipinski definition) is 1. The second-order valence-corrected chi connectivity index (χ2v) is 4.34. The Balaban J connectivity index is 2.50. The van der Waals surface area contributed by atoms with E-state index in [1.165, 1.54) is 11.1 Å². The molecule has 1 heteroatoms. The third-order valence-electron chi connectivity index (χ3n) is 2.88. The first-order chi connectivity index (χ1) is 6.61. The SMILES string of the molecule is Cc1ccccc1CN[C@@H](C)C(C)C. The van der Waals surface area contributed by atoms with Gasteiger partial charge in [0.1, 0.15) is 0 Å². The van der Waals surface area contributed by atoms with Gasteiger partial charge in [0, 0.05) is 12.6 Å². The highest BCUT2D eigenvalue weighted by atomic mass is 14.9. The van der Waals surface area contributed by atoms with E-state index >= 15 is 0 Å². The molecule has 1 nitrogen and oxygen atoms in total. The third-order valence-corrected chi connectivity index (χ3v) is 2.88. The van der Waals surface area contributed by atoms with Gasteiger partial charge in [-0.1, -0.05) is 38.1 Å². The van der Waals surface area contributed by atoms with Crippen molar-refractivity contribution in [1.29, 1.82) is 0 Å². The number of benzene rings is 1. The number of rotatable bonds is 4. The average molecular weight is 191 g/mol. The Morgan fingerprint density at radius 3 is 2.36 bits per heavy atom. The summed E-state index contributed by atoms with van der Waals surface area (Å²) in [6, 6.07) is 9.12. The van der Waals surface area contributed by atoms with Crippen LogP contribution in [0.5, 0.6) is 0 Å². The third kappa shape index (κ3) is 3.15. The molecule has 0 saturated heterocycles. The van der Waals surface area contributed by atoms with Crippen molar-refractivity contribution in [1.82, 2.24) is 5.32 Å². The summed E-state index contributed by atoms with van der Waals surface area (Å²) in [6.07, 6.45) is 0. The van der Waals surface area contributed by atoms with E-state index in [1.54, 1.807) is 0 Å². The molecule has 0 heterocycles. The maximum Gasteiger partial charge on any atom is 0.0210 e. The Labute approximate surface area is 87.5 Å². The highest BCUT2D eigenvalue weighted by Gasteiger charge is 2.06. The Kier molecular flexibility index (Phi) is 4.15. The monoisotopic (exact) mass is 191 g/mol. The van der Waals surface area contributed by atoms with Crippen LogP contribution in [0.1, 0.15) is 31.9 Å². The molecule has 14 heavy (non-hydrogen) atoms. The fourth-order valence-corrected chi connectivity index (χ4v) is 1.32. The highest BCUT2D eigenvalue weighted by Crippen LogP contribution is 2.08. The zero-order valence-corrected chi connectivity index (χ0v) is 9.67. The summed E-state index contributed by atoms with van der Waals surface area (Å²) < 4.78 is 0. The molecule has 0 aliphatic heterocycles. The number of aryl methyl sites for hydroxylation is 1. The first-order valence-electron chi connectivity index (χ1n) is 5.39. The van der Waals surface area contributed by atoms with Crippen molar-refractivity contribution in [2.24, 2.45) is 5.92 Å². The number of nitrogens with one attached hydrogen (secondary N) is 1. The minimum atomic E-state index is 0.578. The van der Waals surface area contributed by atoms with Gasteiger partial charge in [-0.05, 0) is 30.9 Å². The number of hydrogen-bond donors (Lipinski definition) is 1. The fraction of sp³-hybridized carbons (Fsp3) is 0.538. The molecule has 0 aliphatic carbocycles. The van der Waals surface area contributed by atoms with Crippen LogP contribution >= 0.6 is 0 Å². The normalized spacial score (nSPS) is 13.2. The van der Waals surface area contributed by atoms with E-state index in [1.807, 2.05) is 0 Å². The lowest BCUT2D eigenvalue weighted by Gasteiger charge is -2.18. The second kappa shape index (κ2) is 5.16. The lowest BCUT2D eigenvalue weighted by molar-refractivity contribution is 0.426. The molecule has 1 rings (SSSR count). The van der Waals surface area contributed by atoms with E-state index in [0.717, 1.165) is 6.54 Å². The Morgan fingerprint density at radius 2 is 1.79 bits per heavy atom. The molecule has 0 aliphatic rings. The molecule has 0 saturated carbocycles. The van der Waals surface area contributed by atoms with Gasteiger partial charge in [0.05, 0.1) is 0 Å². The molecule has 1 aromatic rings. The van der Waals surface area contributed by atoms with Gasteiger partial charge in [-0.2, -0.15) is 0 Å². The van der Waals surface area contributed by atoms with Crippen molar-refractivity contribution in [3.8, 4) is 0 Å². The molecule has 0 aromatic heterocycles. The van der Waals surface area contributed by atoms with Gasteiger partial charge in [-0.25, -0.2) is 0 Å². The van der Waals surface area contributed by atoms with Crippen molar-refractivity contribution in [3.05, 3.63) is 35.4 Å². The summed E-state index contributed by atoms with van der Waals surface area (Å²) in [5, 5.41) is 3.54. The zero-order valence-electron chi connectivity index (χ0n) is 9.67. The molecule has 0 radical (unpaired) electrons. The molecule has 1 atom stereocenters. The minimum Gasteiger partial charge on any atom is -0.310 e. The largest absolute Gasteiger partial charge is 0.310 e. The van der Waals surface area contributed by atoms with Crippen molar-refractivity contribution in [3.63, 3.8) is 0 Å². The summed E-state index contributed by atoms with van der Waals surface area (Å²) in [7, 11) is 0. The van der Waals surface area contributed by atoms with E-state index in [-0.39, 0.29) is 0 Å². The molecule has 0 bridgehead atoms. The molecule has 0 fully saturated rings. The summed E-state index contributed by atoms with van der Waals surface area (Å²) in [4.78, 5) is 0. The topological polar surface area (TPSA) is 12.0 Å². The Hall–Kier alpha value is -0.820. The quantitative estimate of drug-likeness (QED) is 0.771. The van der Waals surface area contributed by atoms with Crippen LogP contribution in [-0.2, 0) is 6.54 Å². The Bertz CT molecular complexity index is 278. The lowest BCUT2D eigenvalue weighted by atomic mass is 10.0. The molecule has 0 unspecified atom stereocenters. The molecule has 0 spiro atoms. The zero-order chi connectivity index (χ0) is 10.6. The standard InChI is InChI=1S/C13H21N/c1-10(2)12(4)14-9-13-8-6-5-7-11(13)3/h5-8,10,12,14H,9H2,1-4H3/t12-/m0/s1. The van der Waals surface area contributed by atoms with E-state index in [2.05, 4.69) is 57.3 Å². The van der Waals surface area contributed by atoms with Crippen molar-refractivity contribution in [2.75, 3.05) is 0 Å². The van der Waals surface area contributed by atoms with Crippen LogP contribution in [0, 0.1) is 12.8 Å². The van der Waals surface area contributed by atoms with Gasteiger partial charge in [-0.15, -0.1) is 0 Å². The molecule has 1 N–H and O–H groups in total. The summed E-state index contributed by atoms with van der Waals surface area (Å²) >= 11 is 0. The maximum atomic E-state index is 3.54. The van der Waals surface area contributed by atoms with E-state index in [9.17, 15) is 0 Å². The lowest BCUT2D eigenvalue weighted by Crippen LogP contribution is -2.30. The van der Waals surface area contributed by atoms with Crippen LogP contribution in [0.2, 0.25) is 0 Å². The molecular formula is C13H21N. The van der Waals surface area contributed by atoms with Crippen LogP contribution in [-0.4, -0.2) is 6.04 Å². The smallest absolute Gasteiger partial charge is 0.0210 e. The van der Waals surface area contributed by atoms with E-state index in [4.69, 9.17) is 0 Å². The fourth-order valence-electron chi connectivity index (χ4n) is 1.32. The van der Waals surface area contributed by atoms with Gasteiger partial charge in [0.15, 0.2) is 0 Å². The van der Waals surface area contributed by atoms with Crippen LogP contribution in [0.3, 0.4) is 0 Å². The van der Waals surface area contributed by atoms with Crippen LogP contribution in [0.4, 0.5) is 0 Å². The van der Waals surface area contributed by atoms with Gasteiger partial charge in [0.25, 0.3) is 0 Å². The van der Waals surface area contributed by atoms with Crippen molar-refractivity contribution >= 4 is 0 Å². The predicted octanol–water partition coefficient (Wildman–Crippen LogP) is 3.13. The minimum absolute atomic E-state index is 0.578. The van der Waals surface area contributed by atoms with Crippen LogP contribution in [0.25, 0.3) is 0 Å². The van der Waals surface area contributed by atoms with Gasteiger partial charge < -0.3 is 5.32 Å². The Morgan fingerprint density at radius 1 is 1.14 bits per heavy atom. The maximum absolute atomic E-state index is 3.54. The van der Waals surface area contributed by atoms with Gasteiger partial charge in [0.2, 0.25) is 0 Å². The van der Waals surface area contributed by atoms with Crippen molar-refractivity contribution < 1.29 is 0 Å². The molecule has 0 amide bonds. The summed E-state index contributed by atoms with van der Waals surface area (Å²) in [5.74, 6) is 0.694. The highest BCUT2D eigenvalue weighted by molar-refractivity contribution is 5.25. The average Bonchev–Trinajstić information content (AvgIpc) is 2.16. The summed E-state index contributed by atoms with van der Waals surface area (Å²) in [6.45, 7) is 9.87. The molecule has 1 aromatic carbocycles. The summed E-state index contributed by atoms with van der Waals surface area (Å²) in [5.41, 5.74) is 2.77. The van der Waals surface area contributed by atoms with Crippen LogP contribution in [0.15, 0.2) is 24.3 Å². The predicted molar refractivity (Wildman–Crippen MR) is 62.3 cm³/mol. The van der Waals surface area contributed by atoms with Crippen LogP contribution < -0.4 is 5.32 Å². The van der Waals surface area contributed by atoms with Crippen molar-refractivity contribution in [2.45, 2.75) is 40.3 Å². The molecule has 78 valence electrons. The first kappa shape index (κ1) is 11.3. The van der Waals surface area contributed by atoms with E-state index < -0.39 is 0 Å². The van der Waals surface area contributed by atoms with E-state index in [0.29, 0.717) is 12.0 Å². The van der Waals surface area contributed by atoms with Gasteiger partial charge >= 0.3 is 0 Å². The first-order valence-corrected chi connectivity index (χ1v) is 5.39. The second-order valence-electron chi connectivity index (χ2n) is 4.34. The molecular weight excluding hydrogens is 170 g/mol.